The van der Waals surface area contributed by atoms with E-state index >= 15 is 0 Å². The molecule has 0 bridgehead atoms. The molecule has 2 heterocycles. The van der Waals surface area contributed by atoms with Crippen LogP contribution in [0.2, 0.25) is 0 Å². The fraction of sp³-hybridized carbons (Fsp3) is 0.192. The molecule has 0 fully saturated rings. The Balaban J connectivity index is 1.99. The SMILES string of the molecule is COC(=O)C1=C(C(=O)OC)C2(c3ccccc3-c3ccccc32)C2C(C(C)=O)=CC=CN12. The van der Waals surface area contributed by atoms with Crippen LogP contribution < -0.4 is 0 Å². The molecule has 6 nitrogen and oxygen atoms in total. The van der Waals surface area contributed by atoms with Crippen LogP contribution in [0.5, 0.6) is 0 Å². The predicted molar refractivity (Wildman–Crippen MR) is 117 cm³/mol. The Morgan fingerprint density at radius 3 is 1.97 bits per heavy atom. The maximum atomic E-state index is 13.4. The normalized spacial score (nSPS) is 19.3. The van der Waals surface area contributed by atoms with Crippen molar-refractivity contribution in [1.29, 1.82) is 0 Å². The van der Waals surface area contributed by atoms with Crippen molar-refractivity contribution in [2.75, 3.05) is 14.2 Å². The minimum absolute atomic E-state index is 0.0824. The van der Waals surface area contributed by atoms with Gasteiger partial charge in [0.25, 0.3) is 0 Å². The molecule has 0 saturated carbocycles. The number of allylic oxidation sites excluding steroid dienone is 2. The third-order valence-electron chi connectivity index (χ3n) is 6.56. The maximum Gasteiger partial charge on any atom is 0.355 e. The van der Waals surface area contributed by atoms with Gasteiger partial charge in [-0.2, -0.15) is 0 Å². The van der Waals surface area contributed by atoms with Gasteiger partial charge in [-0.15, -0.1) is 0 Å². The highest BCUT2D eigenvalue weighted by Gasteiger charge is 2.64. The molecule has 1 atom stereocenters. The summed E-state index contributed by atoms with van der Waals surface area (Å²) in [4.78, 5) is 41.0. The third-order valence-corrected chi connectivity index (χ3v) is 6.56. The lowest BCUT2D eigenvalue weighted by atomic mass is 9.65. The monoisotopic (exact) mass is 427 g/mol. The van der Waals surface area contributed by atoms with Gasteiger partial charge in [-0.3, -0.25) is 4.79 Å². The largest absolute Gasteiger partial charge is 0.466 e. The topological polar surface area (TPSA) is 72.9 Å². The maximum absolute atomic E-state index is 13.4. The number of carbonyl (C=O) groups excluding carboxylic acids is 3. The molecular weight excluding hydrogens is 406 g/mol. The molecular formula is C26H21NO5. The molecule has 0 amide bonds. The van der Waals surface area contributed by atoms with Crippen LogP contribution in [0.3, 0.4) is 0 Å². The summed E-state index contributed by atoms with van der Waals surface area (Å²) in [5.74, 6) is -1.44. The number of ketones is 1. The summed E-state index contributed by atoms with van der Waals surface area (Å²) in [6.45, 7) is 1.50. The van der Waals surface area contributed by atoms with Crippen LogP contribution in [0.15, 0.2) is 83.7 Å². The molecule has 1 unspecified atom stereocenters. The summed E-state index contributed by atoms with van der Waals surface area (Å²) in [6, 6.07) is 14.9. The summed E-state index contributed by atoms with van der Waals surface area (Å²) in [7, 11) is 2.57. The van der Waals surface area contributed by atoms with E-state index in [2.05, 4.69) is 0 Å². The van der Waals surface area contributed by atoms with Crippen molar-refractivity contribution < 1.29 is 23.9 Å². The summed E-state index contributed by atoms with van der Waals surface area (Å²) in [6.07, 6.45) is 5.17. The molecule has 2 aromatic rings. The molecule has 3 aliphatic rings. The van der Waals surface area contributed by atoms with Crippen molar-refractivity contribution >= 4 is 17.7 Å². The summed E-state index contributed by atoms with van der Waals surface area (Å²) >= 11 is 0. The second kappa shape index (κ2) is 7.05. The van der Waals surface area contributed by atoms with Crippen LogP contribution in [-0.2, 0) is 29.3 Å². The van der Waals surface area contributed by atoms with Gasteiger partial charge in [-0.1, -0.05) is 54.6 Å². The lowest BCUT2D eigenvalue weighted by Gasteiger charge is -2.40. The highest BCUT2D eigenvalue weighted by Crippen LogP contribution is 2.61. The van der Waals surface area contributed by atoms with Gasteiger partial charge in [0, 0.05) is 11.8 Å². The van der Waals surface area contributed by atoms with Crippen LogP contribution >= 0.6 is 0 Å². The first-order valence-corrected chi connectivity index (χ1v) is 10.3. The number of rotatable bonds is 3. The van der Waals surface area contributed by atoms with Gasteiger partial charge in [0.1, 0.15) is 5.70 Å². The van der Waals surface area contributed by atoms with E-state index in [1.807, 2.05) is 48.5 Å². The number of Topliss-reactive ketones (excluding diaryl/α,β-unsaturated/α-hetero) is 1. The Hall–Kier alpha value is -3.93. The number of benzene rings is 2. The molecule has 2 aromatic carbocycles. The predicted octanol–water partition coefficient (Wildman–Crippen LogP) is 3.28. The molecule has 32 heavy (non-hydrogen) atoms. The summed E-state index contributed by atoms with van der Waals surface area (Å²) in [5.41, 5.74) is 3.23. The number of esters is 2. The van der Waals surface area contributed by atoms with Crippen molar-refractivity contribution in [3.63, 3.8) is 0 Å². The van der Waals surface area contributed by atoms with Gasteiger partial charge >= 0.3 is 11.9 Å². The van der Waals surface area contributed by atoms with Gasteiger partial charge in [0.2, 0.25) is 0 Å². The Morgan fingerprint density at radius 2 is 1.44 bits per heavy atom. The second-order valence-electron chi connectivity index (χ2n) is 7.94. The van der Waals surface area contributed by atoms with Gasteiger partial charge in [-0.25, -0.2) is 9.59 Å². The summed E-state index contributed by atoms with van der Waals surface area (Å²) < 4.78 is 10.3. The molecule has 0 saturated heterocycles. The van der Waals surface area contributed by atoms with Crippen LogP contribution in [0.1, 0.15) is 18.1 Å². The van der Waals surface area contributed by atoms with E-state index in [0.717, 1.165) is 22.3 Å². The Labute approximate surface area is 185 Å². The van der Waals surface area contributed by atoms with E-state index in [-0.39, 0.29) is 17.1 Å². The molecule has 2 aliphatic heterocycles. The number of methoxy groups -OCH3 is 2. The van der Waals surface area contributed by atoms with Gasteiger partial charge in [0.15, 0.2) is 5.78 Å². The smallest absolute Gasteiger partial charge is 0.355 e. The van der Waals surface area contributed by atoms with Crippen LogP contribution in [-0.4, -0.2) is 42.9 Å². The van der Waals surface area contributed by atoms with Crippen molar-refractivity contribution in [1.82, 2.24) is 4.90 Å². The van der Waals surface area contributed by atoms with Crippen LogP contribution in [0.4, 0.5) is 0 Å². The fourth-order valence-electron chi connectivity index (χ4n) is 5.47. The van der Waals surface area contributed by atoms with Crippen LogP contribution in [0, 0.1) is 0 Å². The lowest BCUT2D eigenvalue weighted by molar-refractivity contribution is -0.140. The van der Waals surface area contributed by atoms with Crippen molar-refractivity contribution in [2.24, 2.45) is 0 Å². The standard InChI is InChI=1S/C26H21NO5/c1-15(28)16-11-8-14-27-22(25(30)32-3)21(24(29)31-2)26(23(16)27)19-12-6-4-9-17(19)18-10-5-7-13-20(18)26/h4-14,23H,1-3H3. The first kappa shape index (κ1) is 20.0. The number of hydrogen-bond donors (Lipinski definition) is 0. The number of hydrogen-bond acceptors (Lipinski definition) is 6. The Bertz CT molecular complexity index is 1240. The highest BCUT2D eigenvalue weighted by atomic mass is 16.5. The number of nitrogens with zero attached hydrogens (tertiary/aromatic N) is 1. The van der Waals surface area contributed by atoms with Gasteiger partial charge < -0.3 is 14.4 Å². The zero-order valence-electron chi connectivity index (χ0n) is 17.9. The molecule has 160 valence electrons. The zero-order valence-corrected chi connectivity index (χ0v) is 17.9. The average Bonchev–Trinajstić information content (AvgIpc) is 3.30. The van der Waals surface area contributed by atoms with Gasteiger partial charge in [0.05, 0.1) is 31.2 Å². The third kappa shape index (κ3) is 2.32. The number of fused-ring (bicyclic) bond motifs is 7. The summed E-state index contributed by atoms with van der Waals surface area (Å²) in [5, 5.41) is 0. The van der Waals surface area contributed by atoms with E-state index in [4.69, 9.17) is 9.47 Å². The minimum Gasteiger partial charge on any atom is -0.466 e. The molecule has 1 aliphatic carbocycles. The highest BCUT2D eigenvalue weighted by molar-refractivity contribution is 6.09. The second-order valence-corrected chi connectivity index (χ2v) is 7.94. The van der Waals surface area contributed by atoms with E-state index < -0.39 is 23.4 Å². The lowest BCUT2D eigenvalue weighted by Crippen LogP contribution is -2.48. The van der Waals surface area contributed by atoms with Crippen molar-refractivity contribution in [2.45, 2.75) is 18.4 Å². The quantitative estimate of drug-likeness (QED) is 0.700. The fourth-order valence-corrected chi connectivity index (χ4v) is 5.47. The Kier molecular flexibility index (Phi) is 4.41. The van der Waals surface area contributed by atoms with E-state index in [0.29, 0.717) is 5.57 Å². The first-order valence-electron chi connectivity index (χ1n) is 10.3. The minimum atomic E-state index is -1.12. The molecule has 0 aromatic heterocycles. The number of ether oxygens (including phenoxy) is 2. The molecule has 0 N–H and O–H groups in total. The van der Waals surface area contributed by atoms with E-state index in [1.54, 1.807) is 23.3 Å². The van der Waals surface area contributed by atoms with E-state index in [9.17, 15) is 14.4 Å². The first-order chi connectivity index (χ1) is 15.5. The van der Waals surface area contributed by atoms with Crippen molar-refractivity contribution in [3.05, 3.63) is 94.9 Å². The van der Waals surface area contributed by atoms with E-state index in [1.165, 1.54) is 21.1 Å². The molecule has 5 rings (SSSR count). The molecule has 6 heteroatoms. The van der Waals surface area contributed by atoms with Gasteiger partial charge in [-0.05, 0) is 35.3 Å². The number of carbonyl (C=O) groups is 3. The molecule has 1 spiro atoms. The van der Waals surface area contributed by atoms with Crippen molar-refractivity contribution in [3.8, 4) is 11.1 Å². The van der Waals surface area contributed by atoms with Crippen LogP contribution in [0.25, 0.3) is 11.1 Å². The Morgan fingerprint density at radius 1 is 0.875 bits per heavy atom. The molecule has 0 radical (unpaired) electrons. The zero-order chi connectivity index (χ0) is 22.6. The average molecular weight is 427 g/mol.